The zero-order chi connectivity index (χ0) is 20.2. The zero-order valence-corrected chi connectivity index (χ0v) is 15.8. The maximum absolute atomic E-state index is 12.9. The molecule has 0 saturated carbocycles. The Hall–Kier alpha value is -3.15. The highest BCUT2D eigenvalue weighted by molar-refractivity contribution is 6.14. The second-order valence-corrected chi connectivity index (χ2v) is 7.15. The number of amides is 1. The van der Waals surface area contributed by atoms with E-state index >= 15 is 0 Å². The number of carbonyl (C=O) groups is 3. The Morgan fingerprint density at radius 3 is 2.19 bits per heavy atom. The molecule has 1 amide bonds. The highest BCUT2D eigenvalue weighted by atomic mass is 16.6. The molecule has 0 fully saturated rings. The fourth-order valence-electron chi connectivity index (χ4n) is 2.54. The Morgan fingerprint density at radius 1 is 1.00 bits per heavy atom. The Labute approximate surface area is 158 Å². The first-order chi connectivity index (χ1) is 12.6. The Balaban J connectivity index is 2.53. The number of hydrogen-bond donors (Lipinski definition) is 2. The third-order valence-corrected chi connectivity index (χ3v) is 3.84. The van der Waals surface area contributed by atoms with Crippen molar-refractivity contribution in [1.82, 2.24) is 0 Å². The smallest absolute Gasteiger partial charge is 0.412 e. The van der Waals surface area contributed by atoms with E-state index in [1.807, 2.05) is 0 Å². The lowest BCUT2D eigenvalue weighted by Gasteiger charge is -2.22. The molecule has 0 saturated heterocycles. The molecule has 0 aromatic heterocycles. The van der Waals surface area contributed by atoms with Crippen LogP contribution in [0.15, 0.2) is 48.5 Å². The van der Waals surface area contributed by atoms with Crippen LogP contribution in [-0.2, 0) is 9.53 Å². The number of carboxylic acid groups (broad SMARTS) is 1. The summed E-state index contributed by atoms with van der Waals surface area (Å²) < 4.78 is 5.27. The SMILES string of the molecule is CC(C(=O)O)c1cccc(C(=O)c2ccccc2)c1NC(=O)OC(C)(C)C. The second-order valence-electron chi connectivity index (χ2n) is 7.15. The van der Waals surface area contributed by atoms with Crippen molar-refractivity contribution in [2.24, 2.45) is 0 Å². The molecule has 0 radical (unpaired) electrons. The second kappa shape index (κ2) is 8.03. The van der Waals surface area contributed by atoms with Crippen LogP contribution in [0.4, 0.5) is 10.5 Å². The molecule has 6 nitrogen and oxygen atoms in total. The molecule has 0 aliphatic carbocycles. The third kappa shape index (κ3) is 5.17. The van der Waals surface area contributed by atoms with E-state index in [0.717, 1.165) is 0 Å². The van der Waals surface area contributed by atoms with Gasteiger partial charge < -0.3 is 9.84 Å². The molecule has 0 bridgehead atoms. The minimum atomic E-state index is -1.06. The predicted molar refractivity (Wildman–Crippen MR) is 102 cm³/mol. The summed E-state index contributed by atoms with van der Waals surface area (Å²) in [6.07, 6.45) is -0.755. The van der Waals surface area contributed by atoms with E-state index in [1.54, 1.807) is 69.3 Å². The average molecular weight is 369 g/mol. The number of carboxylic acids is 1. The van der Waals surface area contributed by atoms with Crippen LogP contribution in [-0.4, -0.2) is 28.6 Å². The van der Waals surface area contributed by atoms with Crippen molar-refractivity contribution in [2.75, 3.05) is 5.32 Å². The number of nitrogens with one attached hydrogen (secondary N) is 1. The monoisotopic (exact) mass is 369 g/mol. The van der Waals surface area contributed by atoms with Crippen molar-refractivity contribution >= 4 is 23.5 Å². The van der Waals surface area contributed by atoms with Crippen LogP contribution in [0.2, 0.25) is 0 Å². The first kappa shape index (κ1) is 20.2. The average Bonchev–Trinajstić information content (AvgIpc) is 2.59. The number of ketones is 1. The molecular weight excluding hydrogens is 346 g/mol. The van der Waals surface area contributed by atoms with Gasteiger partial charge in [-0.05, 0) is 39.3 Å². The Morgan fingerprint density at radius 2 is 1.63 bits per heavy atom. The normalized spacial score (nSPS) is 12.1. The summed E-state index contributed by atoms with van der Waals surface area (Å²) in [7, 11) is 0. The number of anilines is 1. The molecule has 0 heterocycles. The van der Waals surface area contributed by atoms with E-state index < -0.39 is 23.6 Å². The molecule has 2 N–H and O–H groups in total. The highest BCUT2D eigenvalue weighted by Gasteiger charge is 2.25. The minimum Gasteiger partial charge on any atom is -0.481 e. The van der Waals surface area contributed by atoms with E-state index in [0.29, 0.717) is 11.1 Å². The van der Waals surface area contributed by atoms with Crippen molar-refractivity contribution < 1.29 is 24.2 Å². The predicted octanol–water partition coefficient (Wildman–Crippen LogP) is 4.45. The summed E-state index contributed by atoms with van der Waals surface area (Å²) in [6, 6.07) is 13.3. The van der Waals surface area contributed by atoms with Gasteiger partial charge in [0.05, 0.1) is 11.6 Å². The van der Waals surface area contributed by atoms with Crippen molar-refractivity contribution in [3.63, 3.8) is 0 Å². The quantitative estimate of drug-likeness (QED) is 0.760. The van der Waals surface area contributed by atoms with Crippen LogP contribution >= 0.6 is 0 Å². The molecule has 6 heteroatoms. The molecule has 0 aliphatic heterocycles. The van der Waals surface area contributed by atoms with Gasteiger partial charge in [-0.1, -0.05) is 42.5 Å². The first-order valence-electron chi connectivity index (χ1n) is 8.55. The van der Waals surface area contributed by atoms with Crippen LogP contribution < -0.4 is 5.32 Å². The molecule has 0 spiro atoms. The minimum absolute atomic E-state index is 0.149. The van der Waals surface area contributed by atoms with E-state index in [-0.39, 0.29) is 17.0 Å². The van der Waals surface area contributed by atoms with Crippen LogP contribution in [0.25, 0.3) is 0 Å². The van der Waals surface area contributed by atoms with Gasteiger partial charge in [0.25, 0.3) is 0 Å². The van der Waals surface area contributed by atoms with Crippen LogP contribution in [0.5, 0.6) is 0 Å². The fourth-order valence-corrected chi connectivity index (χ4v) is 2.54. The van der Waals surface area contributed by atoms with E-state index in [1.165, 1.54) is 6.92 Å². The third-order valence-electron chi connectivity index (χ3n) is 3.84. The molecule has 2 rings (SSSR count). The van der Waals surface area contributed by atoms with Crippen LogP contribution in [0.1, 0.15) is 55.1 Å². The van der Waals surface area contributed by atoms with Crippen LogP contribution in [0, 0.1) is 0 Å². The van der Waals surface area contributed by atoms with Gasteiger partial charge in [0.1, 0.15) is 5.60 Å². The van der Waals surface area contributed by atoms with E-state index in [9.17, 15) is 19.5 Å². The zero-order valence-electron chi connectivity index (χ0n) is 15.8. The lowest BCUT2D eigenvalue weighted by molar-refractivity contribution is -0.138. The van der Waals surface area contributed by atoms with Gasteiger partial charge in [0.2, 0.25) is 0 Å². The Kier molecular flexibility index (Phi) is 6.00. The van der Waals surface area contributed by atoms with Crippen molar-refractivity contribution in [1.29, 1.82) is 0 Å². The number of benzene rings is 2. The van der Waals surface area contributed by atoms with Crippen molar-refractivity contribution in [3.8, 4) is 0 Å². The molecule has 2 aromatic carbocycles. The Bertz CT molecular complexity index is 853. The summed E-state index contributed by atoms with van der Waals surface area (Å²) in [5.41, 5.74) is 0.384. The lowest BCUT2D eigenvalue weighted by Crippen LogP contribution is -2.28. The number of aliphatic carboxylic acids is 1. The fraction of sp³-hybridized carbons (Fsp3) is 0.286. The number of carbonyl (C=O) groups excluding carboxylic acids is 2. The first-order valence-corrected chi connectivity index (χ1v) is 8.55. The maximum atomic E-state index is 12.9. The van der Waals surface area contributed by atoms with Gasteiger partial charge in [0.15, 0.2) is 5.78 Å². The van der Waals surface area contributed by atoms with E-state index in [4.69, 9.17) is 4.74 Å². The summed E-state index contributed by atoms with van der Waals surface area (Å²) in [5.74, 6) is -2.30. The van der Waals surface area contributed by atoms with Gasteiger partial charge in [-0.15, -0.1) is 0 Å². The molecular formula is C21H23NO5. The lowest BCUT2D eigenvalue weighted by atomic mass is 9.93. The van der Waals surface area contributed by atoms with Gasteiger partial charge >= 0.3 is 12.1 Å². The van der Waals surface area contributed by atoms with Gasteiger partial charge in [-0.2, -0.15) is 0 Å². The standard InChI is InChI=1S/C21H23NO5/c1-13(19(24)25)15-11-8-12-16(18(23)14-9-6-5-7-10-14)17(15)22-20(26)27-21(2,3)4/h5-13H,1-4H3,(H,22,26)(H,24,25). The van der Waals surface area contributed by atoms with Gasteiger partial charge in [0, 0.05) is 11.1 Å². The molecule has 1 unspecified atom stereocenters. The number of ether oxygens (including phenoxy) is 1. The van der Waals surface area contributed by atoms with Crippen LogP contribution in [0.3, 0.4) is 0 Å². The van der Waals surface area contributed by atoms with Crippen molar-refractivity contribution in [2.45, 2.75) is 39.2 Å². The maximum Gasteiger partial charge on any atom is 0.412 e. The summed E-state index contributed by atoms with van der Waals surface area (Å²) in [4.78, 5) is 36.7. The van der Waals surface area contributed by atoms with Gasteiger partial charge in [-0.25, -0.2) is 4.79 Å². The van der Waals surface area contributed by atoms with Gasteiger partial charge in [-0.3, -0.25) is 14.9 Å². The largest absolute Gasteiger partial charge is 0.481 e. The molecule has 0 aliphatic rings. The molecule has 142 valence electrons. The highest BCUT2D eigenvalue weighted by Crippen LogP contribution is 2.30. The van der Waals surface area contributed by atoms with Crippen molar-refractivity contribution in [3.05, 3.63) is 65.2 Å². The summed E-state index contributed by atoms with van der Waals surface area (Å²) >= 11 is 0. The number of rotatable bonds is 5. The molecule has 1 atom stereocenters. The molecule has 27 heavy (non-hydrogen) atoms. The summed E-state index contributed by atoms with van der Waals surface area (Å²) in [5, 5.41) is 12.0. The molecule has 2 aromatic rings. The number of hydrogen-bond acceptors (Lipinski definition) is 4. The summed E-state index contributed by atoms with van der Waals surface area (Å²) in [6.45, 7) is 6.64. The van der Waals surface area contributed by atoms with E-state index in [2.05, 4.69) is 5.32 Å². The topological polar surface area (TPSA) is 92.7 Å². The number of para-hydroxylation sites is 1.